The van der Waals surface area contributed by atoms with Crippen molar-refractivity contribution in [3.8, 4) is 5.75 Å². The molecule has 0 aromatic heterocycles. The predicted molar refractivity (Wildman–Crippen MR) is 85.9 cm³/mol. The quantitative estimate of drug-likeness (QED) is 0.824. The fraction of sp³-hybridized carbons (Fsp3) is 0.278. The van der Waals surface area contributed by atoms with Crippen molar-refractivity contribution in [2.24, 2.45) is 0 Å². The standard InChI is InChI=1S/C18H21NO3/c1-13-5-3-7-16(9-13)12-22-17-8-4-6-15(10-17)11-19-14(2)18(20)21/h3-10,14,19H,11-12H2,1-2H3,(H,20,21). The smallest absolute Gasteiger partial charge is 0.320 e. The largest absolute Gasteiger partial charge is 0.489 e. The van der Waals surface area contributed by atoms with Crippen molar-refractivity contribution in [3.63, 3.8) is 0 Å². The molecule has 4 nitrogen and oxygen atoms in total. The number of carboxylic acid groups (broad SMARTS) is 1. The molecule has 0 aliphatic rings. The minimum atomic E-state index is -0.855. The molecular weight excluding hydrogens is 278 g/mol. The summed E-state index contributed by atoms with van der Waals surface area (Å²) in [5, 5.41) is 11.8. The molecule has 2 rings (SSSR count). The van der Waals surface area contributed by atoms with Crippen molar-refractivity contribution < 1.29 is 14.6 Å². The molecule has 0 saturated heterocycles. The molecule has 0 aliphatic heterocycles. The number of ether oxygens (including phenoxy) is 1. The van der Waals surface area contributed by atoms with Gasteiger partial charge in [0.05, 0.1) is 0 Å². The van der Waals surface area contributed by atoms with Crippen molar-refractivity contribution in [3.05, 3.63) is 65.2 Å². The molecule has 0 spiro atoms. The van der Waals surface area contributed by atoms with Crippen molar-refractivity contribution >= 4 is 5.97 Å². The Balaban J connectivity index is 1.92. The molecule has 4 heteroatoms. The fourth-order valence-electron chi connectivity index (χ4n) is 2.07. The van der Waals surface area contributed by atoms with Gasteiger partial charge in [0, 0.05) is 6.54 Å². The van der Waals surface area contributed by atoms with Crippen molar-refractivity contribution in [1.29, 1.82) is 0 Å². The van der Waals surface area contributed by atoms with E-state index in [9.17, 15) is 4.79 Å². The van der Waals surface area contributed by atoms with Gasteiger partial charge in [0.2, 0.25) is 0 Å². The van der Waals surface area contributed by atoms with Gasteiger partial charge in [-0.3, -0.25) is 4.79 Å². The number of rotatable bonds is 7. The Morgan fingerprint density at radius 3 is 2.64 bits per heavy atom. The van der Waals surface area contributed by atoms with Gasteiger partial charge in [-0.1, -0.05) is 42.0 Å². The zero-order chi connectivity index (χ0) is 15.9. The maximum atomic E-state index is 10.8. The first kappa shape index (κ1) is 16.0. The molecule has 0 fully saturated rings. The summed E-state index contributed by atoms with van der Waals surface area (Å²) in [6.45, 7) is 4.69. The first-order chi connectivity index (χ1) is 10.5. The second kappa shape index (κ2) is 7.61. The summed E-state index contributed by atoms with van der Waals surface area (Å²) in [4.78, 5) is 10.8. The number of nitrogens with one attached hydrogen (secondary N) is 1. The Bertz CT molecular complexity index is 640. The lowest BCUT2D eigenvalue weighted by atomic mass is 10.1. The fourth-order valence-corrected chi connectivity index (χ4v) is 2.07. The monoisotopic (exact) mass is 299 g/mol. The molecule has 116 valence electrons. The number of hydrogen-bond acceptors (Lipinski definition) is 3. The van der Waals surface area contributed by atoms with Crippen LogP contribution in [0, 0.1) is 6.92 Å². The molecule has 0 bridgehead atoms. The van der Waals surface area contributed by atoms with E-state index in [2.05, 4.69) is 24.4 Å². The average Bonchev–Trinajstić information content (AvgIpc) is 2.51. The van der Waals surface area contributed by atoms with Gasteiger partial charge >= 0.3 is 5.97 Å². The molecule has 2 N–H and O–H groups in total. The Hall–Kier alpha value is -2.33. The highest BCUT2D eigenvalue weighted by atomic mass is 16.5. The van der Waals surface area contributed by atoms with E-state index < -0.39 is 12.0 Å². The highest BCUT2D eigenvalue weighted by molar-refractivity contribution is 5.72. The summed E-state index contributed by atoms with van der Waals surface area (Å²) in [5.74, 6) is -0.0735. The lowest BCUT2D eigenvalue weighted by Gasteiger charge is -2.11. The van der Waals surface area contributed by atoms with Crippen LogP contribution in [0.5, 0.6) is 5.75 Å². The molecule has 22 heavy (non-hydrogen) atoms. The van der Waals surface area contributed by atoms with Gasteiger partial charge in [-0.2, -0.15) is 0 Å². The van der Waals surface area contributed by atoms with Gasteiger partial charge in [-0.25, -0.2) is 0 Å². The van der Waals surface area contributed by atoms with E-state index in [4.69, 9.17) is 9.84 Å². The average molecular weight is 299 g/mol. The Kier molecular flexibility index (Phi) is 5.55. The Morgan fingerprint density at radius 1 is 1.18 bits per heavy atom. The van der Waals surface area contributed by atoms with Gasteiger partial charge < -0.3 is 15.2 Å². The number of aliphatic carboxylic acids is 1. The number of benzene rings is 2. The van der Waals surface area contributed by atoms with Crippen LogP contribution in [0.3, 0.4) is 0 Å². The third-order valence-electron chi connectivity index (χ3n) is 3.37. The summed E-state index contributed by atoms with van der Waals surface area (Å²) in [6.07, 6.45) is 0. The Morgan fingerprint density at radius 2 is 1.91 bits per heavy atom. The molecule has 0 aliphatic carbocycles. The maximum Gasteiger partial charge on any atom is 0.320 e. The minimum absolute atomic E-state index is 0.495. The van der Waals surface area contributed by atoms with Crippen LogP contribution in [0.4, 0.5) is 0 Å². The molecule has 0 saturated carbocycles. The van der Waals surface area contributed by atoms with Crippen LogP contribution in [0.15, 0.2) is 48.5 Å². The number of carboxylic acids is 1. The van der Waals surface area contributed by atoms with Crippen LogP contribution in [0.2, 0.25) is 0 Å². The van der Waals surface area contributed by atoms with E-state index in [1.807, 2.05) is 36.4 Å². The predicted octanol–water partition coefficient (Wildman–Crippen LogP) is 3.14. The van der Waals surface area contributed by atoms with E-state index in [-0.39, 0.29) is 0 Å². The van der Waals surface area contributed by atoms with E-state index >= 15 is 0 Å². The first-order valence-corrected chi connectivity index (χ1v) is 7.28. The zero-order valence-electron chi connectivity index (χ0n) is 12.9. The van der Waals surface area contributed by atoms with Crippen LogP contribution in [-0.2, 0) is 17.9 Å². The van der Waals surface area contributed by atoms with E-state index in [1.54, 1.807) is 6.92 Å². The van der Waals surface area contributed by atoms with Crippen molar-refractivity contribution in [2.45, 2.75) is 33.0 Å². The van der Waals surface area contributed by atoms with Crippen molar-refractivity contribution in [1.82, 2.24) is 5.32 Å². The molecule has 1 atom stereocenters. The van der Waals surface area contributed by atoms with Gasteiger partial charge in [-0.05, 0) is 37.1 Å². The third-order valence-corrected chi connectivity index (χ3v) is 3.37. The summed E-state index contributed by atoms with van der Waals surface area (Å²) in [7, 11) is 0. The topological polar surface area (TPSA) is 58.6 Å². The number of aryl methyl sites for hydroxylation is 1. The maximum absolute atomic E-state index is 10.8. The summed E-state index contributed by atoms with van der Waals surface area (Å²) >= 11 is 0. The lowest BCUT2D eigenvalue weighted by molar-refractivity contribution is -0.139. The molecule has 0 radical (unpaired) electrons. The highest BCUT2D eigenvalue weighted by Gasteiger charge is 2.09. The van der Waals surface area contributed by atoms with Crippen molar-refractivity contribution in [2.75, 3.05) is 0 Å². The van der Waals surface area contributed by atoms with Gasteiger partial charge in [0.1, 0.15) is 18.4 Å². The molecule has 2 aromatic carbocycles. The third kappa shape index (κ3) is 4.90. The van der Waals surface area contributed by atoms with Gasteiger partial charge in [0.15, 0.2) is 0 Å². The van der Waals surface area contributed by atoms with Crippen LogP contribution in [-0.4, -0.2) is 17.1 Å². The van der Waals surface area contributed by atoms with E-state index in [0.717, 1.165) is 16.9 Å². The SMILES string of the molecule is Cc1cccc(COc2cccc(CNC(C)C(=O)O)c2)c1. The van der Waals surface area contributed by atoms with Crippen LogP contribution >= 0.6 is 0 Å². The summed E-state index contributed by atoms with van der Waals surface area (Å²) < 4.78 is 5.80. The van der Waals surface area contributed by atoms with Crippen LogP contribution in [0.25, 0.3) is 0 Å². The lowest BCUT2D eigenvalue weighted by Crippen LogP contribution is -2.33. The van der Waals surface area contributed by atoms with Gasteiger partial charge in [-0.15, -0.1) is 0 Å². The second-order valence-electron chi connectivity index (χ2n) is 5.37. The van der Waals surface area contributed by atoms with E-state index in [1.165, 1.54) is 5.56 Å². The van der Waals surface area contributed by atoms with Crippen LogP contribution in [0.1, 0.15) is 23.6 Å². The Labute approximate surface area is 130 Å². The van der Waals surface area contributed by atoms with Crippen LogP contribution < -0.4 is 10.1 Å². The first-order valence-electron chi connectivity index (χ1n) is 7.28. The molecular formula is C18H21NO3. The number of hydrogen-bond donors (Lipinski definition) is 2. The van der Waals surface area contributed by atoms with E-state index in [0.29, 0.717) is 13.2 Å². The summed E-state index contributed by atoms with van der Waals surface area (Å²) in [5.41, 5.74) is 3.33. The summed E-state index contributed by atoms with van der Waals surface area (Å²) in [6, 6.07) is 15.3. The highest BCUT2D eigenvalue weighted by Crippen LogP contribution is 2.15. The van der Waals surface area contributed by atoms with Gasteiger partial charge in [0.25, 0.3) is 0 Å². The molecule has 2 aromatic rings. The zero-order valence-corrected chi connectivity index (χ0v) is 12.9. The normalized spacial score (nSPS) is 11.9. The number of carbonyl (C=O) groups is 1. The minimum Gasteiger partial charge on any atom is -0.489 e. The molecule has 1 unspecified atom stereocenters. The molecule has 0 heterocycles. The molecule has 0 amide bonds. The second-order valence-corrected chi connectivity index (χ2v) is 5.37.